The van der Waals surface area contributed by atoms with Crippen molar-refractivity contribution in [2.75, 3.05) is 0 Å². The van der Waals surface area contributed by atoms with Crippen LogP contribution in [-0.4, -0.2) is 13.3 Å². The fourth-order valence-corrected chi connectivity index (χ4v) is 7.41. The summed E-state index contributed by atoms with van der Waals surface area (Å²) in [6.45, 7) is 2.10. The summed E-state index contributed by atoms with van der Waals surface area (Å²) in [5.74, 6) is 6.58. The van der Waals surface area contributed by atoms with Crippen LogP contribution in [0.15, 0.2) is 77.3 Å². The van der Waals surface area contributed by atoms with E-state index in [1.807, 2.05) is 55.7 Å². The molecule has 0 aliphatic rings. The van der Waals surface area contributed by atoms with Gasteiger partial charge in [0.1, 0.15) is 0 Å². The zero-order valence-electron chi connectivity index (χ0n) is 19.2. The van der Waals surface area contributed by atoms with Crippen molar-refractivity contribution in [2.45, 2.75) is 24.2 Å². The summed E-state index contributed by atoms with van der Waals surface area (Å²) in [5.41, 5.74) is 6.14. The number of hydrogen-bond donors (Lipinski definition) is 0. The monoisotopic (exact) mass is 486 g/mol. The van der Waals surface area contributed by atoms with Crippen LogP contribution < -0.4 is 8.96 Å². The number of aromatic nitrogens is 1. The van der Waals surface area contributed by atoms with E-state index in [0.29, 0.717) is 11.1 Å². The molecular weight excluding hydrogens is 458 g/mol. The maximum atomic E-state index is 16.1. The second kappa shape index (κ2) is 7.59. The Hall–Kier alpha value is -2.92. The van der Waals surface area contributed by atoms with Crippen LogP contribution in [0.3, 0.4) is 0 Å². The molecule has 0 saturated heterocycles. The number of benzene rings is 3. The van der Waals surface area contributed by atoms with Crippen molar-refractivity contribution in [3.05, 3.63) is 84.3 Å². The molecule has 0 amide bonds. The third-order valence-electron chi connectivity index (χ3n) is 6.26. The topological polar surface area (TPSA) is 17.0 Å². The zero-order chi connectivity index (χ0) is 22.6. The number of fused-ring (bicyclic) bond motifs is 3. The summed E-state index contributed by atoms with van der Waals surface area (Å²) < 4.78 is 25.6. The van der Waals surface area contributed by atoms with Crippen LogP contribution in [0.2, 0.25) is 17.3 Å². The molecule has 5 rings (SSSR count). The second-order valence-corrected chi connectivity index (χ2v) is 20.1. The van der Waals surface area contributed by atoms with Gasteiger partial charge in [0.2, 0.25) is 0 Å². The standard InChI is InChI=1S/C28H27FGeNO/c1-18-14-15-20-21-17-22(30(2,3)4)26(29)25(19-11-7-6-8-12-19)28(21)32-27(20)24(18)23-13-9-10-16-31(23)5/h6-17H,1-5H3/q+1. The van der Waals surface area contributed by atoms with Gasteiger partial charge in [0.05, 0.1) is 0 Å². The fraction of sp³-hybridized carbons (Fsp3) is 0.179. The van der Waals surface area contributed by atoms with E-state index in [1.54, 1.807) is 0 Å². The molecule has 32 heavy (non-hydrogen) atoms. The van der Waals surface area contributed by atoms with E-state index in [-0.39, 0.29) is 5.82 Å². The Balaban J connectivity index is 1.97. The van der Waals surface area contributed by atoms with Gasteiger partial charge in [-0.05, 0) is 0 Å². The Morgan fingerprint density at radius 1 is 0.812 bits per heavy atom. The van der Waals surface area contributed by atoms with Gasteiger partial charge >= 0.3 is 191 Å². The number of furan rings is 1. The van der Waals surface area contributed by atoms with Crippen LogP contribution in [0, 0.1) is 12.7 Å². The summed E-state index contributed by atoms with van der Waals surface area (Å²) in [4.78, 5) is 0. The van der Waals surface area contributed by atoms with Gasteiger partial charge in [0, 0.05) is 0 Å². The summed E-state index contributed by atoms with van der Waals surface area (Å²) >= 11 is -2.50. The average molecular weight is 485 g/mol. The summed E-state index contributed by atoms with van der Waals surface area (Å²) in [6, 6.07) is 22.3. The van der Waals surface area contributed by atoms with E-state index in [2.05, 4.69) is 53.0 Å². The summed E-state index contributed by atoms with van der Waals surface area (Å²) in [6.07, 6.45) is 2.04. The first-order valence-corrected chi connectivity index (χ1v) is 18.3. The molecule has 0 spiro atoms. The van der Waals surface area contributed by atoms with E-state index in [9.17, 15) is 0 Å². The fourth-order valence-electron chi connectivity index (χ4n) is 4.56. The number of nitrogens with zero attached hydrogens (tertiary/aromatic N) is 1. The predicted molar refractivity (Wildman–Crippen MR) is 133 cm³/mol. The van der Waals surface area contributed by atoms with Crippen molar-refractivity contribution in [3.63, 3.8) is 0 Å². The SMILES string of the molecule is Cc1ccc2c(oc3c(-c4ccccc4)c(F)[c]([Ge]([CH3])([CH3])[CH3])cc32)c1-c1cccc[n+]1C. The van der Waals surface area contributed by atoms with E-state index < -0.39 is 13.3 Å². The molecule has 0 aliphatic heterocycles. The van der Waals surface area contributed by atoms with Gasteiger partial charge in [-0.1, -0.05) is 0 Å². The molecular formula is C28H27FGeNO+. The van der Waals surface area contributed by atoms with Gasteiger partial charge in [-0.25, -0.2) is 0 Å². The number of rotatable bonds is 3. The van der Waals surface area contributed by atoms with E-state index >= 15 is 4.39 Å². The zero-order valence-corrected chi connectivity index (χ0v) is 21.3. The molecule has 2 nitrogen and oxygen atoms in total. The number of halogens is 1. The van der Waals surface area contributed by atoms with Crippen molar-refractivity contribution in [1.82, 2.24) is 0 Å². The molecule has 0 atom stereocenters. The van der Waals surface area contributed by atoms with Crippen LogP contribution in [0.1, 0.15) is 5.56 Å². The summed E-state index contributed by atoms with van der Waals surface area (Å²) in [5, 5.41) is 2.03. The summed E-state index contributed by atoms with van der Waals surface area (Å²) in [7, 11) is 2.04. The van der Waals surface area contributed by atoms with Gasteiger partial charge in [0.25, 0.3) is 0 Å². The van der Waals surface area contributed by atoms with Crippen molar-refractivity contribution in [3.8, 4) is 22.4 Å². The third kappa shape index (κ3) is 3.27. The Morgan fingerprint density at radius 3 is 2.19 bits per heavy atom. The van der Waals surface area contributed by atoms with Crippen molar-refractivity contribution in [1.29, 1.82) is 0 Å². The van der Waals surface area contributed by atoms with Crippen LogP contribution in [0.4, 0.5) is 4.39 Å². The average Bonchev–Trinajstić information content (AvgIpc) is 3.12. The van der Waals surface area contributed by atoms with Gasteiger partial charge in [0.15, 0.2) is 0 Å². The Bertz CT molecular complexity index is 1480. The minimum atomic E-state index is -2.50. The quantitative estimate of drug-likeness (QED) is 0.205. The predicted octanol–water partition coefficient (Wildman–Crippen LogP) is 6.74. The molecule has 0 unspecified atom stereocenters. The van der Waals surface area contributed by atoms with Crippen LogP contribution >= 0.6 is 0 Å². The van der Waals surface area contributed by atoms with Crippen molar-refractivity contribution in [2.24, 2.45) is 7.05 Å². The molecule has 5 aromatic rings. The maximum absolute atomic E-state index is 16.1. The molecule has 3 aromatic carbocycles. The van der Waals surface area contributed by atoms with Gasteiger partial charge in [-0.2, -0.15) is 0 Å². The van der Waals surface area contributed by atoms with E-state index in [4.69, 9.17) is 4.42 Å². The van der Waals surface area contributed by atoms with Crippen LogP contribution in [-0.2, 0) is 7.05 Å². The molecule has 2 aromatic heterocycles. The normalized spacial score (nSPS) is 12.1. The van der Waals surface area contributed by atoms with Crippen LogP contribution in [0.5, 0.6) is 0 Å². The minimum absolute atomic E-state index is 0.126. The number of aryl methyl sites for hydroxylation is 2. The number of hydrogen-bond acceptors (Lipinski definition) is 1. The molecule has 0 N–H and O–H groups in total. The van der Waals surface area contributed by atoms with Gasteiger partial charge < -0.3 is 0 Å². The molecule has 0 bridgehead atoms. The molecule has 0 saturated carbocycles. The Kier molecular flexibility index (Phi) is 4.97. The first-order chi connectivity index (χ1) is 15.3. The van der Waals surface area contributed by atoms with Crippen LogP contribution in [0.25, 0.3) is 44.3 Å². The molecule has 4 heteroatoms. The molecule has 0 radical (unpaired) electrons. The molecule has 0 fully saturated rings. The Morgan fingerprint density at radius 2 is 1.50 bits per heavy atom. The first-order valence-electron chi connectivity index (χ1n) is 11.0. The molecule has 2 heterocycles. The van der Waals surface area contributed by atoms with Gasteiger partial charge in [-0.15, -0.1) is 0 Å². The van der Waals surface area contributed by atoms with Crippen molar-refractivity contribution < 1.29 is 13.4 Å². The van der Waals surface area contributed by atoms with Crippen molar-refractivity contribution >= 4 is 39.6 Å². The molecule has 0 aliphatic carbocycles. The molecule has 160 valence electrons. The first kappa shape index (κ1) is 21.0. The van der Waals surface area contributed by atoms with Gasteiger partial charge in [-0.3, -0.25) is 0 Å². The van der Waals surface area contributed by atoms with E-state index in [0.717, 1.165) is 43.1 Å². The third-order valence-corrected chi connectivity index (χ3v) is 10.4. The Labute approximate surface area is 190 Å². The number of pyridine rings is 1. The second-order valence-electron chi connectivity index (χ2n) is 9.54. The van der Waals surface area contributed by atoms with E-state index in [1.165, 1.54) is 0 Å².